The molecule has 2 aliphatic heterocycles. The summed E-state index contributed by atoms with van der Waals surface area (Å²) in [6, 6.07) is 1.93. The second-order valence-corrected chi connectivity index (χ2v) is 7.62. The smallest absolute Gasteiger partial charge is 0.239 e. The Balaban J connectivity index is 1.35. The lowest BCUT2D eigenvalue weighted by molar-refractivity contribution is -0.134. The minimum absolute atomic E-state index is 0.172. The molecule has 1 atom stereocenters. The zero-order valence-electron chi connectivity index (χ0n) is 14.0. The minimum atomic E-state index is -0.207. The molecule has 1 amide bonds. The van der Waals surface area contributed by atoms with E-state index in [1.165, 1.54) is 23.3 Å². The van der Waals surface area contributed by atoms with Crippen LogP contribution in [0.5, 0.6) is 0 Å². The number of fused-ring (bicyclic) bond motifs is 2. The number of hydrogen-bond acceptors (Lipinski definition) is 5. The van der Waals surface area contributed by atoms with Gasteiger partial charge in [0.2, 0.25) is 5.91 Å². The van der Waals surface area contributed by atoms with Gasteiger partial charge in [0.05, 0.1) is 12.6 Å². The number of amides is 1. The monoisotopic (exact) mass is 345 g/mol. The maximum atomic E-state index is 12.7. The van der Waals surface area contributed by atoms with E-state index in [1.807, 2.05) is 11.8 Å². The Hall–Kier alpha value is -1.73. The van der Waals surface area contributed by atoms with Crippen LogP contribution in [0.15, 0.2) is 11.4 Å². The molecule has 4 heterocycles. The predicted molar refractivity (Wildman–Crippen MR) is 92.7 cm³/mol. The lowest BCUT2D eigenvalue weighted by atomic mass is 10.1. The van der Waals surface area contributed by atoms with Gasteiger partial charge in [-0.1, -0.05) is 0 Å². The molecule has 7 heteroatoms. The second kappa shape index (κ2) is 6.64. The van der Waals surface area contributed by atoms with Crippen molar-refractivity contribution in [2.75, 3.05) is 6.54 Å². The van der Waals surface area contributed by atoms with Gasteiger partial charge in [0, 0.05) is 30.9 Å². The molecule has 2 aromatic rings. The highest BCUT2D eigenvalue weighted by Gasteiger charge is 2.25. The van der Waals surface area contributed by atoms with E-state index in [0.29, 0.717) is 6.54 Å². The number of aromatic nitrogens is 3. The number of aryl methyl sites for hydroxylation is 1. The molecule has 6 nitrogen and oxygen atoms in total. The lowest BCUT2D eigenvalue weighted by Gasteiger charge is -2.29. The molecule has 2 aliphatic rings. The Labute approximate surface area is 145 Å². The van der Waals surface area contributed by atoms with Gasteiger partial charge in [-0.2, -0.15) is 0 Å². The molecule has 0 spiro atoms. The fourth-order valence-corrected chi connectivity index (χ4v) is 4.43. The highest BCUT2D eigenvalue weighted by atomic mass is 32.1. The largest absolute Gasteiger partial charge is 0.337 e. The number of carbonyl (C=O) groups is 1. The average molecular weight is 345 g/mol. The molecule has 0 radical (unpaired) electrons. The van der Waals surface area contributed by atoms with Crippen LogP contribution in [-0.4, -0.2) is 38.2 Å². The van der Waals surface area contributed by atoms with Gasteiger partial charge in [0.1, 0.15) is 11.6 Å². The average Bonchev–Trinajstić information content (AvgIpc) is 3.25. The van der Waals surface area contributed by atoms with E-state index in [1.54, 1.807) is 11.3 Å². The van der Waals surface area contributed by atoms with Crippen LogP contribution >= 0.6 is 11.3 Å². The van der Waals surface area contributed by atoms with E-state index in [0.717, 1.165) is 44.1 Å². The Morgan fingerprint density at radius 1 is 1.33 bits per heavy atom. The van der Waals surface area contributed by atoms with E-state index in [2.05, 4.69) is 31.5 Å². The van der Waals surface area contributed by atoms with Crippen LogP contribution in [0.2, 0.25) is 0 Å². The van der Waals surface area contributed by atoms with Crippen LogP contribution in [0.4, 0.5) is 0 Å². The number of thiophene rings is 1. The maximum absolute atomic E-state index is 12.7. The molecule has 0 bridgehead atoms. The first-order chi connectivity index (χ1) is 11.7. The summed E-state index contributed by atoms with van der Waals surface area (Å²) in [5.41, 5.74) is 1.30. The van der Waals surface area contributed by atoms with Gasteiger partial charge in [-0.15, -0.1) is 21.5 Å². The van der Waals surface area contributed by atoms with Crippen molar-refractivity contribution in [1.29, 1.82) is 0 Å². The Morgan fingerprint density at radius 2 is 2.25 bits per heavy atom. The summed E-state index contributed by atoms with van der Waals surface area (Å²) in [6.07, 6.45) is 4.37. The highest BCUT2D eigenvalue weighted by molar-refractivity contribution is 7.10. The summed E-state index contributed by atoms with van der Waals surface area (Å²) in [4.78, 5) is 16.1. The van der Waals surface area contributed by atoms with Crippen LogP contribution in [-0.2, 0) is 37.3 Å². The van der Waals surface area contributed by atoms with Crippen molar-refractivity contribution in [2.24, 2.45) is 0 Å². The molecular weight excluding hydrogens is 322 g/mol. The topological polar surface area (TPSA) is 63.1 Å². The number of carbonyl (C=O) groups excluding carboxylic acids is 1. The van der Waals surface area contributed by atoms with E-state index in [9.17, 15) is 4.79 Å². The van der Waals surface area contributed by atoms with Crippen LogP contribution in [0.3, 0.4) is 0 Å². The fraction of sp³-hybridized carbons (Fsp3) is 0.588. The molecule has 0 aliphatic carbocycles. The maximum Gasteiger partial charge on any atom is 0.239 e. The number of rotatable bonds is 4. The van der Waals surface area contributed by atoms with Gasteiger partial charge in [-0.25, -0.2) is 0 Å². The predicted octanol–water partition coefficient (Wildman–Crippen LogP) is 1.74. The third-order valence-corrected chi connectivity index (χ3v) is 6.02. The number of nitrogens with one attached hydrogen (secondary N) is 1. The highest BCUT2D eigenvalue weighted by Crippen LogP contribution is 2.24. The van der Waals surface area contributed by atoms with Crippen molar-refractivity contribution in [2.45, 2.75) is 58.3 Å². The van der Waals surface area contributed by atoms with Crippen LogP contribution in [0, 0.1) is 0 Å². The molecule has 0 saturated heterocycles. The van der Waals surface area contributed by atoms with Crippen LogP contribution < -0.4 is 5.32 Å². The molecule has 0 fully saturated rings. The molecule has 2 aromatic heterocycles. The van der Waals surface area contributed by atoms with Gasteiger partial charge in [-0.05, 0) is 43.2 Å². The number of nitrogens with zero attached hydrogens (tertiary/aromatic N) is 4. The third-order valence-electron chi connectivity index (χ3n) is 4.99. The molecule has 0 saturated carbocycles. The van der Waals surface area contributed by atoms with Crippen molar-refractivity contribution in [3.63, 3.8) is 0 Å². The fourth-order valence-electron chi connectivity index (χ4n) is 3.54. The molecule has 0 aromatic carbocycles. The van der Waals surface area contributed by atoms with Crippen LogP contribution in [0.1, 0.15) is 41.9 Å². The molecular formula is C17H23N5OS. The zero-order valence-corrected chi connectivity index (χ0v) is 14.8. The molecule has 4 rings (SSSR count). The van der Waals surface area contributed by atoms with Gasteiger partial charge >= 0.3 is 0 Å². The molecule has 128 valence electrons. The van der Waals surface area contributed by atoms with E-state index in [4.69, 9.17) is 0 Å². The Kier molecular flexibility index (Phi) is 4.37. The second-order valence-electron chi connectivity index (χ2n) is 6.62. The van der Waals surface area contributed by atoms with Crippen molar-refractivity contribution in [1.82, 2.24) is 25.0 Å². The Bertz CT molecular complexity index is 737. The first kappa shape index (κ1) is 15.8. The SMILES string of the molecule is C[C@H](NCc1nnc2n1CCCC2)C(=O)N1CCc2sccc2C1. The third kappa shape index (κ3) is 2.98. The van der Waals surface area contributed by atoms with Gasteiger partial charge in [0.15, 0.2) is 0 Å². The molecule has 1 N–H and O–H groups in total. The van der Waals surface area contributed by atoms with Crippen LogP contribution in [0.25, 0.3) is 0 Å². The summed E-state index contributed by atoms with van der Waals surface area (Å²) in [5, 5.41) is 14.0. The van der Waals surface area contributed by atoms with Gasteiger partial charge in [-0.3, -0.25) is 10.1 Å². The summed E-state index contributed by atoms with van der Waals surface area (Å²) >= 11 is 1.80. The van der Waals surface area contributed by atoms with E-state index >= 15 is 0 Å². The first-order valence-corrected chi connectivity index (χ1v) is 9.58. The summed E-state index contributed by atoms with van der Waals surface area (Å²) in [7, 11) is 0. The zero-order chi connectivity index (χ0) is 16.5. The lowest BCUT2D eigenvalue weighted by Crippen LogP contribution is -2.46. The van der Waals surface area contributed by atoms with Crippen molar-refractivity contribution >= 4 is 17.2 Å². The van der Waals surface area contributed by atoms with Crippen molar-refractivity contribution in [3.05, 3.63) is 33.5 Å². The van der Waals surface area contributed by atoms with Gasteiger partial charge < -0.3 is 9.47 Å². The minimum Gasteiger partial charge on any atom is -0.337 e. The summed E-state index contributed by atoms with van der Waals surface area (Å²) < 4.78 is 2.20. The first-order valence-electron chi connectivity index (χ1n) is 8.71. The number of hydrogen-bond donors (Lipinski definition) is 1. The van der Waals surface area contributed by atoms with Crippen molar-refractivity contribution in [3.8, 4) is 0 Å². The summed E-state index contributed by atoms with van der Waals surface area (Å²) in [5.74, 6) is 2.20. The molecule has 0 unspecified atom stereocenters. The molecule has 24 heavy (non-hydrogen) atoms. The summed E-state index contributed by atoms with van der Waals surface area (Å²) in [6.45, 7) is 5.09. The Morgan fingerprint density at radius 3 is 3.17 bits per heavy atom. The van der Waals surface area contributed by atoms with E-state index in [-0.39, 0.29) is 11.9 Å². The quantitative estimate of drug-likeness (QED) is 0.917. The van der Waals surface area contributed by atoms with Crippen molar-refractivity contribution < 1.29 is 4.79 Å². The van der Waals surface area contributed by atoms with Gasteiger partial charge in [0.25, 0.3) is 0 Å². The standard InChI is InChI=1S/C17H23N5OS/c1-12(17(23)21-8-5-14-13(11-21)6-9-24-14)18-10-16-20-19-15-4-2-3-7-22(15)16/h6,9,12,18H,2-5,7-8,10-11H2,1H3/t12-/m0/s1. The normalized spacial score (nSPS) is 18.1. The van der Waals surface area contributed by atoms with E-state index < -0.39 is 0 Å².